The average Bonchev–Trinajstić information content (AvgIpc) is 2.53. The topological polar surface area (TPSA) is 58.6 Å². The smallest absolute Gasteiger partial charge is 0.325 e. The number of carbonyl (C=O) groups excluding carboxylic acids is 2. The lowest BCUT2D eigenvalue weighted by Crippen LogP contribution is -2.51. The van der Waals surface area contributed by atoms with E-state index in [1.807, 2.05) is 0 Å². The zero-order valence-corrected chi connectivity index (χ0v) is 12.6. The SMILES string of the molecule is CC(C)(C)SCCN1C(=O)NC2(CCOCC2)C1=O. The van der Waals surface area contributed by atoms with Crippen molar-refractivity contribution in [3.05, 3.63) is 0 Å². The number of nitrogens with zero attached hydrogens (tertiary/aromatic N) is 1. The molecule has 108 valence electrons. The van der Waals surface area contributed by atoms with Gasteiger partial charge in [-0.05, 0) is 0 Å². The molecule has 19 heavy (non-hydrogen) atoms. The first-order chi connectivity index (χ1) is 8.84. The van der Waals surface area contributed by atoms with Gasteiger partial charge in [-0.15, -0.1) is 0 Å². The Kier molecular flexibility index (Phi) is 4.11. The Hall–Kier alpha value is -0.750. The number of hydrogen-bond acceptors (Lipinski definition) is 4. The molecular formula is C13H22N2O3S. The van der Waals surface area contributed by atoms with Crippen molar-refractivity contribution in [3.8, 4) is 0 Å². The fourth-order valence-electron chi connectivity index (χ4n) is 2.38. The molecule has 2 aliphatic rings. The second kappa shape index (κ2) is 5.32. The molecule has 0 aromatic rings. The molecule has 2 rings (SSSR count). The van der Waals surface area contributed by atoms with Gasteiger partial charge in [0.1, 0.15) is 5.54 Å². The third-order valence-electron chi connectivity index (χ3n) is 3.44. The number of nitrogens with one attached hydrogen (secondary N) is 1. The lowest BCUT2D eigenvalue weighted by atomic mass is 9.90. The number of carbonyl (C=O) groups is 2. The minimum absolute atomic E-state index is 0.0738. The second-order valence-corrected chi connectivity index (χ2v) is 7.96. The van der Waals surface area contributed by atoms with Gasteiger partial charge in [0.25, 0.3) is 5.91 Å². The van der Waals surface area contributed by atoms with Gasteiger partial charge in [0.2, 0.25) is 0 Å². The van der Waals surface area contributed by atoms with Gasteiger partial charge in [0, 0.05) is 43.1 Å². The highest BCUT2D eigenvalue weighted by Crippen LogP contribution is 2.29. The van der Waals surface area contributed by atoms with E-state index in [1.165, 1.54) is 4.90 Å². The van der Waals surface area contributed by atoms with Gasteiger partial charge in [0.05, 0.1) is 0 Å². The molecule has 0 aromatic heterocycles. The third-order valence-corrected chi connectivity index (χ3v) is 4.69. The number of urea groups is 1. The number of ether oxygens (including phenoxy) is 1. The Balaban J connectivity index is 1.95. The monoisotopic (exact) mass is 286 g/mol. The largest absolute Gasteiger partial charge is 0.381 e. The predicted octanol–water partition coefficient (Wildman–Crippen LogP) is 1.62. The molecule has 0 bridgehead atoms. The summed E-state index contributed by atoms with van der Waals surface area (Å²) in [5.74, 6) is 0.699. The summed E-state index contributed by atoms with van der Waals surface area (Å²) in [7, 11) is 0. The van der Waals surface area contributed by atoms with E-state index in [1.54, 1.807) is 11.8 Å². The number of amides is 3. The Morgan fingerprint density at radius 1 is 1.32 bits per heavy atom. The van der Waals surface area contributed by atoms with Gasteiger partial charge in [-0.1, -0.05) is 20.8 Å². The van der Waals surface area contributed by atoms with E-state index in [0.717, 1.165) is 5.75 Å². The first-order valence-corrected chi connectivity index (χ1v) is 7.68. The summed E-state index contributed by atoms with van der Waals surface area (Å²) in [6.45, 7) is 7.94. The van der Waals surface area contributed by atoms with E-state index < -0.39 is 5.54 Å². The average molecular weight is 286 g/mol. The van der Waals surface area contributed by atoms with Crippen LogP contribution in [0.1, 0.15) is 33.6 Å². The molecule has 2 aliphatic heterocycles. The van der Waals surface area contributed by atoms with Gasteiger partial charge < -0.3 is 10.1 Å². The van der Waals surface area contributed by atoms with Crippen molar-refractivity contribution in [2.75, 3.05) is 25.5 Å². The number of rotatable bonds is 3. The van der Waals surface area contributed by atoms with Gasteiger partial charge >= 0.3 is 6.03 Å². The van der Waals surface area contributed by atoms with Crippen molar-refractivity contribution in [1.29, 1.82) is 0 Å². The van der Waals surface area contributed by atoms with Gasteiger partial charge in [-0.3, -0.25) is 9.69 Å². The summed E-state index contributed by atoms with van der Waals surface area (Å²) < 4.78 is 5.42. The molecule has 0 aliphatic carbocycles. The quantitative estimate of drug-likeness (QED) is 0.801. The molecule has 1 N–H and O–H groups in total. The van der Waals surface area contributed by atoms with Crippen LogP contribution >= 0.6 is 11.8 Å². The standard InChI is InChI=1S/C13H22N2O3S/c1-12(2,3)19-9-6-15-10(16)13(14-11(15)17)4-7-18-8-5-13/h4-9H2,1-3H3,(H,14,17). The zero-order chi connectivity index (χ0) is 14.1. The minimum Gasteiger partial charge on any atom is -0.381 e. The molecule has 2 heterocycles. The van der Waals surface area contributed by atoms with E-state index in [0.29, 0.717) is 32.6 Å². The molecule has 0 saturated carbocycles. The van der Waals surface area contributed by atoms with Crippen molar-refractivity contribution in [2.45, 2.75) is 43.9 Å². The molecule has 2 fully saturated rings. The summed E-state index contributed by atoms with van der Waals surface area (Å²) in [5.41, 5.74) is -0.693. The van der Waals surface area contributed by atoms with Gasteiger partial charge in [-0.25, -0.2) is 4.79 Å². The molecule has 2 saturated heterocycles. The van der Waals surface area contributed by atoms with Crippen LogP contribution in [0.4, 0.5) is 4.79 Å². The normalized spacial score (nSPS) is 23.0. The van der Waals surface area contributed by atoms with Crippen LogP contribution in [0.15, 0.2) is 0 Å². The fourth-order valence-corrected chi connectivity index (χ4v) is 3.27. The van der Waals surface area contributed by atoms with Crippen LogP contribution in [0.3, 0.4) is 0 Å². The highest BCUT2D eigenvalue weighted by Gasteiger charge is 2.51. The Labute approximate surface area is 118 Å². The van der Waals surface area contributed by atoms with Crippen LogP contribution in [0.5, 0.6) is 0 Å². The van der Waals surface area contributed by atoms with Crippen LogP contribution in [0.2, 0.25) is 0 Å². The first kappa shape index (κ1) is 14.7. The van der Waals surface area contributed by atoms with Crippen LogP contribution in [-0.2, 0) is 9.53 Å². The Morgan fingerprint density at radius 2 is 1.95 bits per heavy atom. The van der Waals surface area contributed by atoms with Crippen molar-refractivity contribution < 1.29 is 14.3 Å². The van der Waals surface area contributed by atoms with Crippen LogP contribution in [0, 0.1) is 0 Å². The highest BCUT2D eigenvalue weighted by molar-refractivity contribution is 8.00. The van der Waals surface area contributed by atoms with Gasteiger partial charge in [0.15, 0.2) is 0 Å². The van der Waals surface area contributed by atoms with Crippen LogP contribution in [-0.4, -0.2) is 52.6 Å². The molecular weight excluding hydrogens is 264 g/mol. The van der Waals surface area contributed by atoms with Crippen LogP contribution in [0.25, 0.3) is 0 Å². The first-order valence-electron chi connectivity index (χ1n) is 6.70. The number of hydrogen-bond donors (Lipinski definition) is 1. The lowest BCUT2D eigenvalue weighted by molar-refractivity contribution is -0.134. The van der Waals surface area contributed by atoms with Crippen molar-refractivity contribution in [3.63, 3.8) is 0 Å². The Bertz CT molecular complexity index is 373. The van der Waals surface area contributed by atoms with E-state index in [-0.39, 0.29) is 16.7 Å². The van der Waals surface area contributed by atoms with Crippen molar-refractivity contribution in [1.82, 2.24) is 10.2 Å². The number of imide groups is 1. The van der Waals surface area contributed by atoms with Crippen molar-refractivity contribution >= 4 is 23.7 Å². The maximum atomic E-state index is 12.4. The molecule has 5 nitrogen and oxygen atoms in total. The maximum absolute atomic E-state index is 12.4. The zero-order valence-electron chi connectivity index (χ0n) is 11.8. The summed E-state index contributed by atoms with van der Waals surface area (Å²) in [6, 6.07) is -0.249. The fraction of sp³-hybridized carbons (Fsp3) is 0.846. The van der Waals surface area contributed by atoms with Gasteiger partial charge in [-0.2, -0.15) is 11.8 Å². The number of thioether (sulfide) groups is 1. The molecule has 0 radical (unpaired) electrons. The predicted molar refractivity (Wildman–Crippen MR) is 75.2 cm³/mol. The van der Waals surface area contributed by atoms with E-state index in [9.17, 15) is 9.59 Å². The third kappa shape index (κ3) is 3.23. The lowest BCUT2D eigenvalue weighted by Gasteiger charge is -2.30. The summed E-state index contributed by atoms with van der Waals surface area (Å²) >= 11 is 1.76. The van der Waals surface area contributed by atoms with Crippen molar-refractivity contribution in [2.24, 2.45) is 0 Å². The molecule has 0 aromatic carbocycles. The highest BCUT2D eigenvalue weighted by atomic mass is 32.2. The van der Waals surface area contributed by atoms with E-state index >= 15 is 0 Å². The molecule has 3 amide bonds. The molecule has 0 unspecified atom stereocenters. The summed E-state index contributed by atoms with van der Waals surface area (Å²) in [5, 5.41) is 2.86. The maximum Gasteiger partial charge on any atom is 0.325 e. The van der Waals surface area contributed by atoms with E-state index in [4.69, 9.17) is 4.74 Å². The molecule has 1 spiro atoms. The molecule has 6 heteroatoms. The minimum atomic E-state index is -0.693. The second-order valence-electron chi connectivity index (χ2n) is 6.04. The molecule has 0 atom stereocenters. The van der Waals surface area contributed by atoms with Crippen LogP contribution < -0.4 is 5.32 Å². The summed E-state index contributed by atoms with van der Waals surface area (Å²) in [4.78, 5) is 25.7. The summed E-state index contributed by atoms with van der Waals surface area (Å²) in [6.07, 6.45) is 1.17. The Morgan fingerprint density at radius 3 is 2.53 bits per heavy atom. The van der Waals surface area contributed by atoms with E-state index in [2.05, 4.69) is 26.1 Å².